The van der Waals surface area contributed by atoms with E-state index in [1.54, 1.807) is 6.08 Å². The molecule has 1 aromatic rings. The molecule has 0 atom stereocenters. The Morgan fingerprint density at radius 3 is 2.87 bits per heavy atom. The average Bonchev–Trinajstić information content (AvgIpc) is 2.64. The first-order valence-corrected chi connectivity index (χ1v) is 5.02. The van der Waals surface area contributed by atoms with Crippen LogP contribution in [-0.2, 0) is 0 Å². The van der Waals surface area contributed by atoms with Crippen molar-refractivity contribution in [2.75, 3.05) is 7.05 Å². The summed E-state index contributed by atoms with van der Waals surface area (Å²) in [6.45, 7) is 3.69. The zero-order valence-electron chi connectivity index (χ0n) is 8.83. The fraction of sp³-hybridized carbons (Fsp3) is 0.0769. The van der Waals surface area contributed by atoms with Crippen LogP contribution < -0.4 is 10.8 Å². The average molecular weight is 194 g/mol. The van der Waals surface area contributed by atoms with Crippen molar-refractivity contribution in [1.82, 2.24) is 5.32 Å². The van der Waals surface area contributed by atoms with Crippen LogP contribution in [0.2, 0.25) is 0 Å². The molecule has 0 spiro atoms. The first-order valence-electron chi connectivity index (χ1n) is 5.02. The van der Waals surface area contributed by atoms with Crippen molar-refractivity contribution in [3.63, 3.8) is 0 Å². The van der Waals surface area contributed by atoms with Gasteiger partial charge >= 0.3 is 0 Å². The lowest BCUT2D eigenvalue weighted by molar-refractivity contribution is 1.08. The SMILES string of the molecule is C=C/C=C\C1=C(NC)[B]c2ccccc21. The molecule has 1 nitrogen and oxygen atoms in total. The Hall–Kier alpha value is -1.70. The molecule has 0 unspecified atom stereocenters. The smallest absolute Gasteiger partial charge is 0.214 e. The van der Waals surface area contributed by atoms with E-state index < -0.39 is 0 Å². The Labute approximate surface area is 91.4 Å². The molecule has 1 aromatic carbocycles. The zero-order chi connectivity index (χ0) is 10.7. The van der Waals surface area contributed by atoms with Gasteiger partial charge in [-0.15, -0.1) is 0 Å². The summed E-state index contributed by atoms with van der Waals surface area (Å²) < 4.78 is 0. The molecular formula is C13H13BN. The summed E-state index contributed by atoms with van der Waals surface area (Å²) in [6, 6.07) is 8.39. The van der Waals surface area contributed by atoms with Gasteiger partial charge in [0.25, 0.3) is 0 Å². The van der Waals surface area contributed by atoms with Gasteiger partial charge in [0.05, 0.1) is 0 Å². The number of allylic oxidation sites excluding steroid dienone is 4. The minimum absolute atomic E-state index is 1.16. The van der Waals surface area contributed by atoms with E-state index in [-0.39, 0.29) is 0 Å². The standard InChI is InChI=1S/C13H13BN/c1-3-4-7-11-10-8-5-6-9-12(10)14-13(11)15-2/h3-9,15H,1H2,2H3/b7-4-. The number of benzene rings is 1. The molecule has 0 aromatic heterocycles. The van der Waals surface area contributed by atoms with E-state index in [9.17, 15) is 0 Å². The van der Waals surface area contributed by atoms with Gasteiger partial charge in [-0.25, -0.2) is 0 Å². The highest BCUT2D eigenvalue weighted by Crippen LogP contribution is 2.22. The van der Waals surface area contributed by atoms with Crippen molar-refractivity contribution < 1.29 is 0 Å². The first kappa shape index (κ1) is 9.84. The van der Waals surface area contributed by atoms with Crippen molar-refractivity contribution >= 4 is 18.3 Å². The Bertz CT molecular complexity index is 444. The Morgan fingerprint density at radius 2 is 2.13 bits per heavy atom. The van der Waals surface area contributed by atoms with Crippen LogP contribution in [-0.4, -0.2) is 14.3 Å². The predicted octanol–water partition coefficient (Wildman–Crippen LogP) is 1.66. The molecule has 73 valence electrons. The summed E-state index contributed by atoms with van der Waals surface area (Å²) in [5.74, 6) is 0. The molecule has 0 saturated heterocycles. The Morgan fingerprint density at radius 1 is 1.33 bits per heavy atom. The fourth-order valence-electron chi connectivity index (χ4n) is 1.80. The molecule has 2 heteroatoms. The molecule has 1 aliphatic rings. The maximum absolute atomic E-state index is 3.69. The molecule has 1 heterocycles. The largest absolute Gasteiger partial charge is 0.399 e. The molecule has 0 fully saturated rings. The molecule has 0 bridgehead atoms. The van der Waals surface area contributed by atoms with Gasteiger partial charge in [0.1, 0.15) is 0 Å². The summed E-state index contributed by atoms with van der Waals surface area (Å²) in [5.41, 5.74) is 4.94. The molecule has 15 heavy (non-hydrogen) atoms. The van der Waals surface area contributed by atoms with E-state index in [0.717, 1.165) is 5.60 Å². The lowest BCUT2D eigenvalue weighted by atomic mass is 9.70. The van der Waals surface area contributed by atoms with Crippen molar-refractivity contribution in [3.8, 4) is 0 Å². The van der Waals surface area contributed by atoms with Crippen LogP contribution in [0.4, 0.5) is 0 Å². The van der Waals surface area contributed by atoms with Gasteiger partial charge < -0.3 is 5.32 Å². The van der Waals surface area contributed by atoms with Crippen molar-refractivity contribution in [2.45, 2.75) is 0 Å². The third kappa shape index (κ3) is 1.75. The van der Waals surface area contributed by atoms with Gasteiger partial charge in [-0.1, -0.05) is 54.5 Å². The highest BCUT2D eigenvalue weighted by Gasteiger charge is 2.18. The van der Waals surface area contributed by atoms with Gasteiger partial charge in [0.2, 0.25) is 7.28 Å². The van der Waals surface area contributed by atoms with Crippen LogP contribution in [0.1, 0.15) is 5.56 Å². The molecule has 0 amide bonds. The van der Waals surface area contributed by atoms with E-state index in [1.807, 2.05) is 13.1 Å². The van der Waals surface area contributed by atoms with Crippen LogP contribution in [0.3, 0.4) is 0 Å². The zero-order valence-corrected chi connectivity index (χ0v) is 8.83. The third-order valence-electron chi connectivity index (χ3n) is 2.51. The van der Waals surface area contributed by atoms with Gasteiger partial charge in [0.15, 0.2) is 0 Å². The van der Waals surface area contributed by atoms with E-state index in [0.29, 0.717) is 0 Å². The van der Waals surface area contributed by atoms with Crippen LogP contribution >= 0.6 is 0 Å². The second-order valence-electron chi connectivity index (χ2n) is 3.40. The van der Waals surface area contributed by atoms with Crippen LogP contribution in [0.25, 0.3) is 5.57 Å². The molecule has 1 aliphatic heterocycles. The highest BCUT2D eigenvalue weighted by atomic mass is 14.8. The lowest BCUT2D eigenvalue weighted by Crippen LogP contribution is -2.19. The van der Waals surface area contributed by atoms with Gasteiger partial charge in [-0.2, -0.15) is 0 Å². The minimum atomic E-state index is 1.16. The maximum Gasteiger partial charge on any atom is 0.214 e. The van der Waals surface area contributed by atoms with Crippen LogP contribution in [0.15, 0.2) is 54.7 Å². The summed E-state index contributed by atoms with van der Waals surface area (Å²) in [7, 11) is 4.11. The highest BCUT2D eigenvalue weighted by molar-refractivity contribution is 6.66. The van der Waals surface area contributed by atoms with Crippen molar-refractivity contribution in [1.29, 1.82) is 0 Å². The summed E-state index contributed by atoms with van der Waals surface area (Å²) >= 11 is 0. The van der Waals surface area contributed by atoms with Crippen LogP contribution in [0, 0.1) is 0 Å². The monoisotopic (exact) mass is 194 g/mol. The normalized spacial score (nSPS) is 13.9. The third-order valence-corrected chi connectivity index (χ3v) is 2.51. The minimum Gasteiger partial charge on any atom is -0.399 e. The molecule has 0 aliphatic carbocycles. The number of rotatable bonds is 3. The lowest BCUT2D eigenvalue weighted by Gasteiger charge is -2.03. The van der Waals surface area contributed by atoms with Gasteiger partial charge in [0, 0.05) is 7.05 Å². The van der Waals surface area contributed by atoms with Crippen molar-refractivity contribution in [2.24, 2.45) is 0 Å². The summed E-state index contributed by atoms with van der Waals surface area (Å²) in [4.78, 5) is 0. The Balaban J connectivity index is 2.46. The quantitative estimate of drug-likeness (QED) is 0.569. The molecule has 1 radical (unpaired) electrons. The molecule has 2 rings (SSSR count). The Kier molecular flexibility index (Phi) is 2.77. The second-order valence-corrected chi connectivity index (χ2v) is 3.40. The van der Waals surface area contributed by atoms with E-state index in [2.05, 4.69) is 49.5 Å². The number of nitrogens with one attached hydrogen (secondary N) is 1. The maximum atomic E-state index is 3.69. The molecule has 0 saturated carbocycles. The topological polar surface area (TPSA) is 12.0 Å². The summed E-state index contributed by atoms with van der Waals surface area (Å²) in [6.07, 6.45) is 5.84. The van der Waals surface area contributed by atoms with Crippen LogP contribution in [0.5, 0.6) is 0 Å². The summed E-state index contributed by atoms with van der Waals surface area (Å²) in [5, 5.41) is 3.21. The van der Waals surface area contributed by atoms with E-state index >= 15 is 0 Å². The van der Waals surface area contributed by atoms with Gasteiger partial charge in [-0.05, 0) is 16.7 Å². The fourth-order valence-corrected chi connectivity index (χ4v) is 1.80. The molecular weight excluding hydrogens is 181 g/mol. The molecule has 1 N–H and O–H groups in total. The second kappa shape index (κ2) is 4.22. The first-order chi connectivity index (χ1) is 7.36. The number of fused-ring (bicyclic) bond motifs is 1. The van der Waals surface area contributed by atoms with E-state index in [4.69, 9.17) is 0 Å². The van der Waals surface area contributed by atoms with Crippen molar-refractivity contribution in [3.05, 3.63) is 60.2 Å². The van der Waals surface area contributed by atoms with Gasteiger partial charge in [-0.3, -0.25) is 0 Å². The number of hydrogen-bond donors (Lipinski definition) is 1. The number of hydrogen-bond acceptors (Lipinski definition) is 1. The predicted molar refractivity (Wildman–Crippen MR) is 67.1 cm³/mol. The van der Waals surface area contributed by atoms with E-state index in [1.165, 1.54) is 16.6 Å².